The summed E-state index contributed by atoms with van der Waals surface area (Å²) in [5, 5.41) is 2.54. The van der Waals surface area contributed by atoms with Gasteiger partial charge in [-0.3, -0.25) is 4.98 Å². The molecule has 1 aliphatic rings. The largest absolute Gasteiger partial charge is 0.309 e. The van der Waals surface area contributed by atoms with Crippen LogP contribution >= 0.6 is 0 Å². The van der Waals surface area contributed by atoms with E-state index in [1.807, 2.05) is 12.3 Å². The van der Waals surface area contributed by atoms with Gasteiger partial charge in [0.05, 0.1) is 17.1 Å². The van der Waals surface area contributed by atoms with Gasteiger partial charge in [-0.25, -0.2) is 0 Å². The molecule has 248 valence electrons. The summed E-state index contributed by atoms with van der Waals surface area (Å²) in [7, 11) is 0. The van der Waals surface area contributed by atoms with Gasteiger partial charge in [-0.1, -0.05) is 164 Å². The van der Waals surface area contributed by atoms with Gasteiger partial charge in [0.15, 0.2) is 0 Å². The van der Waals surface area contributed by atoms with E-state index in [0.717, 1.165) is 28.3 Å². The van der Waals surface area contributed by atoms with Gasteiger partial charge in [-0.05, 0) is 86.1 Å². The Morgan fingerprint density at radius 2 is 0.868 bits per heavy atom. The first-order chi connectivity index (χ1) is 26.3. The summed E-state index contributed by atoms with van der Waals surface area (Å²) in [5.41, 5.74) is 17.6. The van der Waals surface area contributed by atoms with Crippen molar-refractivity contribution in [3.8, 4) is 66.9 Å². The molecular formula is C51H34N2. The molecule has 9 aromatic rings. The van der Waals surface area contributed by atoms with Crippen LogP contribution in [0.4, 0.5) is 17.1 Å². The van der Waals surface area contributed by atoms with E-state index in [0.29, 0.717) is 0 Å². The van der Waals surface area contributed by atoms with Crippen molar-refractivity contribution >= 4 is 27.8 Å². The van der Waals surface area contributed by atoms with Gasteiger partial charge < -0.3 is 4.90 Å². The Kier molecular flexibility index (Phi) is 7.51. The molecule has 0 atom stereocenters. The lowest BCUT2D eigenvalue weighted by Gasteiger charge is -2.30. The maximum atomic E-state index is 4.85. The minimum atomic E-state index is 0.971. The van der Waals surface area contributed by atoms with E-state index in [-0.39, 0.29) is 0 Å². The van der Waals surface area contributed by atoms with Crippen molar-refractivity contribution in [2.75, 3.05) is 4.90 Å². The number of anilines is 3. The van der Waals surface area contributed by atoms with E-state index in [1.165, 1.54) is 66.4 Å². The maximum Gasteiger partial charge on any atom is 0.0708 e. The van der Waals surface area contributed by atoms with Crippen molar-refractivity contribution in [2.24, 2.45) is 0 Å². The molecule has 1 aliphatic carbocycles. The number of hydrogen-bond acceptors (Lipinski definition) is 2. The average Bonchev–Trinajstić information content (AvgIpc) is 3.58. The molecule has 1 heterocycles. The third-order valence-corrected chi connectivity index (χ3v) is 10.5. The van der Waals surface area contributed by atoms with E-state index in [4.69, 9.17) is 4.98 Å². The summed E-state index contributed by atoms with van der Waals surface area (Å²) in [5.74, 6) is 0. The Labute approximate surface area is 309 Å². The minimum absolute atomic E-state index is 0.971. The van der Waals surface area contributed by atoms with Crippen LogP contribution in [0, 0.1) is 0 Å². The van der Waals surface area contributed by atoms with E-state index < -0.39 is 0 Å². The molecule has 0 aliphatic heterocycles. The molecule has 0 bridgehead atoms. The summed E-state index contributed by atoms with van der Waals surface area (Å²) >= 11 is 0. The Morgan fingerprint density at radius 1 is 0.321 bits per heavy atom. The van der Waals surface area contributed by atoms with Gasteiger partial charge >= 0.3 is 0 Å². The molecule has 10 rings (SSSR count). The number of para-hydroxylation sites is 1. The number of pyridine rings is 1. The normalized spacial score (nSPS) is 11.4. The number of benzene rings is 8. The molecule has 0 saturated carbocycles. The van der Waals surface area contributed by atoms with E-state index >= 15 is 0 Å². The molecule has 1 aromatic heterocycles. The number of hydrogen-bond donors (Lipinski definition) is 0. The second-order valence-corrected chi connectivity index (χ2v) is 13.5. The molecular weight excluding hydrogens is 641 g/mol. The lowest BCUT2D eigenvalue weighted by Crippen LogP contribution is -2.12. The summed E-state index contributed by atoms with van der Waals surface area (Å²) in [4.78, 5) is 7.30. The zero-order chi connectivity index (χ0) is 35.1. The lowest BCUT2D eigenvalue weighted by molar-refractivity contribution is 1.28. The first-order valence-corrected chi connectivity index (χ1v) is 18.1. The van der Waals surface area contributed by atoms with Crippen molar-refractivity contribution in [1.82, 2.24) is 4.98 Å². The molecule has 8 aromatic carbocycles. The minimum Gasteiger partial charge on any atom is -0.309 e. The second-order valence-electron chi connectivity index (χ2n) is 13.5. The van der Waals surface area contributed by atoms with E-state index in [9.17, 15) is 0 Å². The number of rotatable bonds is 7. The van der Waals surface area contributed by atoms with Crippen LogP contribution in [0.2, 0.25) is 0 Å². The van der Waals surface area contributed by atoms with Crippen molar-refractivity contribution in [3.05, 3.63) is 206 Å². The fourth-order valence-corrected chi connectivity index (χ4v) is 8.05. The molecule has 0 saturated heterocycles. The zero-order valence-electron chi connectivity index (χ0n) is 29.0. The SMILES string of the molecule is c1ccc(-c2ccc(-c3ccc(N(c4ccccc4-c4ccccc4)c4ccc(-c5ccccn5)c5c4-c4cccc6cccc-5c46)cc3)cc2)cc1. The molecule has 0 amide bonds. The summed E-state index contributed by atoms with van der Waals surface area (Å²) in [6, 6.07) is 72.1. The number of fused-ring (bicyclic) bond motifs is 3. The molecule has 0 N–H and O–H groups in total. The molecule has 0 radical (unpaired) electrons. The maximum absolute atomic E-state index is 4.85. The Bertz CT molecular complexity index is 2730. The van der Waals surface area contributed by atoms with Crippen LogP contribution in [-0.4, -0.2) is 4.98 Å². The molecule has 0 fully saturated rings. The highest BCUT2D eigenvalue weighted by atomic mass is 15.1. The lowest BCUT2D eigenvalue weighted by atomic mass is 9.93. The first kappa shape index (κ1) is 30.8. The second kappa shape index (κ2) is 12.9. The fraction of sp³-hybridized carbons (Fsp3) is 0. The van der Waals surface area contributed by atoms with Crippen LogP contribution in [0.25, 0.3) is 77.7 Å². The molecule has 0 spiro atoms. The summed E-state index contributed by atoms with van der Waals surface area (Å²) < 4.78 is 0. The van der Waals surface area contributed by atoms with Crippen molar-refractivity contribution in [1.29, 1.82) is 0 Å². The molecule has 2 heteroatoms. The Morgan fingerprint density at radius 3 is 1.53 bits per heavy atom. The van der Waals surface area contributed by atoms with Crippen LogP contribution in [0.15, 0.2) is 206 Å². The molecule has 2 nitrogen and oxygen atoms in total. The van der Waals surface area contributed by atoms with Gasteiger partial charge in [0.1, 0.15) is 0 Å². The fourth-order valence-electron chi connectivity index (χ4n) is 8.05. The monoisotopic (exact) mass is 674 g/mol. The van der Waals surface area contributed by atoms with Crippen LogP contribution in [0.5, 0.6) is 0 Å². The zero-order valence-corrected chi connectivity index (χ0v) is 29.0. The number of aromatic nitrogens is 1. The van der Waals surface area contributed by atoms with Crippen molar-refractivity contribution in [2.45, 2.75) is 0 Å². The smallest absolute Gasteiger partial charge is 0.0708 e. The average molecular weight is 675 g/mol. The predicted molar refractivity (Wildman–Crippen MR) is 223 cm³/mol. The van der Waals surface area contributed by atoms with E-state index in [2.05, 4.69) is 199 Å². The highest BCUT2D eigenvalue weighted by molar-refractivity contribution is 6.21. The Balaban J connectivity index is 1.18. The third kappa shape index (κ3) is 5.32. The quantitative estimate of drug-likeness (QED) is 0.167. The summed E-state index contributed by atoms with van der Waals surface area (Å²) in [6.45, 7) is 0. The first-order valence-electron chi connectivity index (χ1n) is 18.1. The van der Waals surface area contributed by atoms with Crippen LogP contribution in [0.1, 0.15) is 0 Å². The molecule has 53 heavy (non-hydrogen) atoms. The third-order valence-electron chi connectivity index (χ3n) is 10.5. The van der Waals surface area contributed by atoms with Gasteiger partial charge in [-0.2, -0.15) is 0 Å². The standard InChI is InChI=1S/C51H34N2/c1-3-13-35(14-4-1)36-24-26-37(27-25-36)38-28-30-41(31-29-38)53(47-23-8-7-19-42(47)39-15-5-2-6-16-39)48-33-32-43(46-22-9-10-34-52-46)50-44-20-11-17-40-18-12-21-45(49(40)44)51(48)50/h1-34H. The van der Waals surface area contributed by atoms with Gasteiger partial charge in [0, 0.05) is 34.1 Å². The van der Waals surface area contributed by atoms with Gasteiger partial charge in [-0.15, -0.1) is 0 Å². The van der Waals surface area contributed by atoms with Crippen LogP contribution < -0.4 is 4.90 Å². The summed E-state index contributed by atoms with van der Waals surface area (Å²) in [6.07, 6.45) is 1.89. The van der Waals surface area contributed by atoms with Crippen LogP contribution in [-0.2, 0) is 0 Å². The van der Waals surface area contributed by atoms with Crippen LogP contribution in [0.3, 0.4) is 0 Å². The predicted octanol–water partition coefficient (Wildman–Crippen LogP) is 14.0. The molecule has 0 unspecified atom stereocenters. The topological polar surface area (TPSA) is 16.1 Å². The van der Waals surface area contributed by atoms with Gasteiger partial charge in [0.25, 0.3) is 0 Å². The Hall–Kier alpha value is -7.03. The van der Waals surface area contributed by atoms with Crippen molar-refractivity contribution < 1.29 is 0 Å². The number of nitrogens with zero attached hydrogens (tertiary/aromatic N) is 2. The van der Waals surface area contributed by atoms with Gasteiger partial charge in [0.2, 0.25) is 0 Å². The van der Waals surface area contributed by atoms with Crippen molar-refractivity contribution in [3.63, 3.8) is 0 Å². The highest BCUT2D eigenvalue weighted by Gasteiger charge is 2.31. The highest BCUT2D eigenvalue weighted by Crippen LogP contribution is 2.56. The van der Waals surface area contributed by atoms with E-state index in [1.54, 1.807) is 0 Å².